The second-order valence-corrected chi connectivity index (χ2v) is 10.9. The molecule has 0 bridgehead atoms. The van der Waals surface area contributed by atoms with E-state index in [9.17, 15) is 9.59 Å². The molecule has 7 heteroatoms. The van der Waals surface area contributed by atoms with Crippen LogP contribution in [0.5, 0.6) is 0 Å². The van der Waals surface area contributed by atoms with Gasteiger partial charge in [0.25, 0.3) is 5.91 Å². The van der Waals surface area contributed by atoms with Crippen molar-refractivity contribution in [3.63, 3.8) is 0 Å². The van der Waals surface area contributed by atoms with Crippen molar-refractivity contribution in [1.82, 2.24) is 15.3 Å². The standard InChI is InChI=1S/C34H34ClN3O3/c1-2-5-26(22-9-11-24(12-10-22)34(41)37-21-19-32(39)40)33(23-13-15-25(35)16-14-23)28-6-3-7-29-27(28)17-18-31(38-29)30-8-4-20-36-30/h3-4,6-13,15,17-18,20,26,33,36H,2,5,14,16,19,21H2,1H3,(H,37,41)(H,39,40)/t26-,33?/m1/s1. The molecule has 1 aliphatic carbocycles. The van der Waals surface area contributed by atoms with E-state index in [0.717, 1.165) is 58.6 Å². The van der Waals surface area contributed by atoms with Crippen LogP contribution in [0.25, 0.3) is 22.3 Å². The van der Waals surface area contributed by atoms with Gasteiger partial charge in [-0.1, -0.05) is 66.9 Å². The average molecular weight is 568 g/mol. The minimum atomic E-state index is -0.939. The predicted octanol–water partition coefficient (Wildman–Crippen LogP) is 7.94. The van der Waals surface area contributed by atoms with Crippen LogP contribution in [0.4, 0.5) is 0 Å². The summed E-state index contributed by atoms with van der Waals surface area (Å²) in [7, 11) is 0. The number of carbonyl (C=O) groups excluding carboxylic acids is 1. The monoisotopic (exact) mass is 567 g/mol. The van der Waals surface area contributed by atoms with Crippen LogP contribution in [0.3, 0.4) is 0 Å². The molecule has 2 atom stereocenters. The molecule has 0 radical (unpaired) electrons. The molecule has 4 aromatic rings. The maximum Gasteiger partial charge on any atom is 0.305 e. The number of amides is 1. The smallest absolute Gasteiger partial charge is 0.305 e. The van der Waals surface area contributed by atoms with Gasteiger partial charge in [0.2, 0.25) is 0 Å². The Hall–Kier alpha value is -4.16. The highest BCUT2D eigenvalue weighted by Gasteiger charge is 2.30. The van der Waals surface area contributed by atoms with Gasteiger partial charge in [0.05, 0.1) is 23.3 Å². The van der Waals surface area contributed by atoms with E-state index in [1.54, 1.807) is 0 Å². The zero-order valence-corrected chi connectivity index (χ0v) is 23.8. The molecule has 210 valence electrons. The summed E-state index contributed by atoms with van der Waals surface area (Å²) in [6.07, 6.45) is 9.67. The molecule has 0 saturated carbocycles. The van der Waals surface area contributed by atoms with Crippen LogP contribution in [0.15, 0.2) is 95.7 Å². The lowest BCUT2D eigenvalue weighted by atomic mass is 9.72. The molecule has 1 aliphatic rings. The van der Waals surface area contributed by atoms with Crippen molar-refractivity contribution in [3.8, 4) is 11.4 Å². The van der Waals surface area contributed by atoms with Crippen molar-refractivity contribution in [2.75, 3.05) is 6.54 Å². The summed E-state index contributed by atoms with van der Waals surface area (Å²) in [6, 6.07) is 22.4. The molecule has 0 spiro atoms. The Morgan fingerprint density at radius 1 is 1.02 bits per heavy atom. The third-order valence-electron chi connectivity index (χ3n) is 7.73. The fraction of sp³-hybridized carbons (Fsp3) is 0.265. The number of H-pyrrole nitrogens is 1. The van der Waals surface area contributed by atoms with Crippen LogP contribution in [-0.4, -0.2) is 33.5 Å². The van der Waals surface area contributed by atoms with Crippen LogP contribution >= 0.6 is 11.6 Å². The van der Waals surface area contributed by atoms with Gasteiger partial charge in [-0.2, -0.15) is 0 Å². The third kappa shape index (κ3) is 6.60. The molecule has 0 saturated heterocycles. The number of carboxylic acid groups (broad SMARTS) is 1. The van der Waals surface area contributed by atoms with E-state index in [-0.39, 0.29) is 30.7 Å². The number of benzene rings is 2. The first-order valence-electron chi connectivity index (χ1n) is 14.1. The van der Waals surface area contributed by atoms with Crippen molar-refractivity contribution < 1.29 is 14.7 Å². The lowest BCUT2D eigenvalue weighted by Gasteiger charge is -2.32. The number of nitrogens with zero attached hydrogens (tertiary/aromatic N) is 1. The SMILES string of the molecule is CCC[C@H](c1ccc(C(=O)NCCC(=O)O)cc1)C(C1=CC=C(Cl)CC1)c1cccc2nc(-c3ccc[nH]3)ccc12. The Bertz CT molecular complexity index is 1590. The molecular formula is C34H34ClN3O3. The van der Waals surface area contributed by atoms with Gasteiger partial charge in [0, 0.05) is 34.6 Å². The van der Waals surface area contributed by atoms with Gasteiger partial charge < -0.3 is 15.4 Å². The van der Waals surface area contributed by atoms with E-state index in [1.807, 2.05) is 48.7 Å². The topological polar surface area (TPSA) is 95.1 Å². The van der Waals surface area contributed by atoms with Crippen LogP contribution in [0.2, 0.25) is 0 Å². The Balaban J connectivity index is 1.54. The number of halogens is 1. The van der Waals surface area contributed by atoms with Gasteiger partial charge in [0.15, 0.2) is 0 Å². The van der Waals surface area contributed by atoms with Gasteiger partial charge in [-0.3, -0.25) is 9.59 Å². The Kier molecular flexibility index (Phi) is 9.00. The number of pyridine rings is 1. The van der Waals surface area contributed by atoms with Crippen LogP contribution in [0.1, 0.15) is 72.3 Å². The molecular weight excluding hydrogens is 534 g/mol. The number of allylic oxidation sites excluding steroid dienone is 4. The summed E-state index contributed by atoms with van der Waals surface area (Å²) < 4.78 is 0. The van der Waals surface area contributed by atoms with Gasteiger partial charge in [-0.25, -0.2) is 4.98 Å². The molecule has 6 nitrogen and oxygen atoms in total. The molecule has 3 N–H and O–H groups in total. The third-order valence-corrected chi connectivity index (χ3v) is 8.05. The largest absolute Gasteiger partial charge is 0.481 e. The van der Waals surface area contributed by atoms with Crippen molar-refractivity contribution in [1.29, 1.82) is 0 Å². The quantitative estimate of drug-likeness (QED) is 0.171. The molecule has 0 aliphatic heterocycles. The Labute approximate surface area is 245 Å². The lowest BCUT2D eigenvalue weighted by molar-refractivity contribution is -0.136. The first-order valence-corrected chi connectivity index (χ1v) is 14.5. The molecule has 2 aromatic carbocycles. The van der Waals surface area contributed by atoms with E-state index in [1.165, 1.54) is 11.1 Å². The summed E-state index contributed by atoms with van der Waals surface area (Å²) in [6.45, 7) is 2.30. The summed E-state index contributed by atoms with van der Waals surface area (Å²) in [5.74, 6) is -0.928. The summed E-state index contributed by atoms with van der Waals surface area (Å²) in [5, 5.41) is 13.5. The highest BCUT2D eigenvalue weighted by molar-refractivity contribution is 6.29. The van der Waals surface area contributed by atoms with Gasteiger partial charge >= 0.3 is 5.97 Å². The minimum absolute atomic E-state index is 0.0986. The van der Waals surface area contributed by atoms with E-state index in [0.29, 0.717) is 5.56 Å². The molecule has 2 aromatic heterocycles. The number of aliphatic carboxylic acids is 1. The molecule has 1 unspecified atom stereocenters. The normalized spacial score (nSPS) is 14.7. The molecule has 5 rings (SSSR count). The maximum atomic E-state index is 12.6. The van der Waals surface area contributed by atoms with Crippen molar-refractivity contribution in [2.45, 2.75) is 50.9 Å². The fourth-order valence-corrected chi connectivity index (χ4v) is 5.91. The first-order chi connectivity index (χ1) is 19.9. The zero-order valence-electron chi connectivity index (χ0n) is 23.1. The van der Waals surface area contributed by atoms with E-state index < -0.39 is 5.97 Å². The van der Waals surface area contributed by atoms with E-state index in [4.69, 9.17) is 21.7 Å². The number of hydrogen-bond acceptors (Lipinski definition) is 3. The number of hydrogen-bond donors (Lipinski definition) is 3. The van der Waals surface area contributed by atoms with Crippen LogP contribution < -0.4 is 5.32 Å². The Morgan fingerprint density at radius 2 is 1.85 bits per heavy atom. The Morgan fingerprint density at radius 3 is 2.54 bits per heavy atom. The fourth-order valence-electron chi connectivity index (χ4n) is 5.76. The maximum absolute atomic E-state index is 12.6. The molecule has 0 fully saturated rings. The molecule has 2 heterocycles. The number of nitrogens with one attached hydrogen (secondary N) is 2. The first kappa shape index (κ1) is 28.4. The van der Waals surface area contributed by atoms with Crippen LogP contribution in [-0.2, 0) is 4.79 Å². The van der Waals surface area contributed by atoms with Crippen LogP contribution in [0, 0.1) is 0 Å². The highest BCUT2D eigenvalue weighted by atomic mass is 35.5. The highest BCUT2D eigenvalue weighted by Crippen LogP contribution is 2.46. The van der Waals surface area contributed by atoms with Gasteiger partial charge in [0.1, 0.15) is 0 Å². The summed E-state index contributed by atoms with van der Waals surface area (Å²) in [5.41, 5.74) is 7.10. The molecule has 1 amide bonds. The van der Waals surface area contributed by atoms with E-state index >= 15 is 0 Å². The van der Waals surface area contributed by atoms with E-state index in [2.05, 4.69) is 53.6 Å². The molecule has 41 heavy (non-hydrogen) atoms. The number of aromatic amines is 1. The second-order valence-electron chi connectivity index (χ2n) is 10.4. The number of carboxylic acids is 1. The van der Waals surface area contributed by atoms with Gasteiger partial charge in [-0.05, 0) is 78.8 Å². The van der Waals surface area contributed by atoms with Crippen molar-refractivity contribution in [2.24, 2.45) is 0 Å². The zero-order chi connectivity index (χ0) is 28.8. The number of fused-ring (bicyclic) bond motifs is 1. The lowest BCUT2D eigenvalue weighted by Crippen LogP contribution is -2.26. The minimum Gasteiger partial charge on any atom is -0.481 e. The second kappa shape index (κ2) is 13.0. The average Bonchev–Trinajstić information content (AvgIpc) is 3.53. The van der Waals surface area contributed by atoms with Crippen molar-refractivity contribution >= 4 is 34.4 Å². The summed E-state index contributed by atoms with van der Waals surface area (Å²) >= 11 is 6.39. The number of rotatable bonds is 11. The predicted molar refractivity (Wildman–Crippen MR) is 164 cm³/mol. The summed E-state index contributed by atoms with van der Waals surface area (Å²) in [4.78, 5) is 31.6. The van der Waals surface area contributed by atoms with Crippen molar-refractivity contribution in [3.05, 3.63) is 112 Å². The number of carbonyl (C=O) groups is 2. The van der Waals surface area contributed by atoms with Gasteiger partial charge in [-0.15, -0.1) is 0 Å². The number of aromatic nitrogens is 2.